The molecule has 0 spiro atoms. The predicted molar refractivity (Wildman–Crippen MR) is 76.8 cm³/mol. The molecule has 21 heavy (non-hydrogen) atoms. The predicted octanol–water partition coefficient (Wildman–Crippen LogP) is 3.45. The SMILES string of the molecule is O=C(Nc1ccc(O)c(F)c1)c1cc(Br)cc([N+](=O)[O-])c1. The van der Waals surface area contributed by atoms with Crippen LogP contribution in [0.4, 0.5) is 15.8 Å². The maximum Gasteiger partial charge on any atom is 0.271 e. The first-order valence-electron chi connectivity index (χ1n) is 5.61. The molecule has 0 unspecified atom stereocenters. The Morgan fingerprint density at radius 1 is 1.29 bits per heavy atom. The Balaban J connectivity index is 2.27. The van der Waals surface area contributed by atoms with Crippen molar-refractivity contribution < 1.29 is 19.2 Å². The van der Waals surface area contributed by atoms with Gasteiger partial charge in [0, 0.05) is 33.9 Å². The Morgan fingerprint density at radius 3 is 2.62 bits per heavy atom. The zero-order valence-corrected chi connectivity index (χ0v) is 11.9. The highest BCUT2D eigenvalue weighted by Crippen LogP contribution is 2.23. The highest BCUT2D eigenvalue weighted by atomic mass is 79.9. The van der Waals surface area contributed by atoms with E-state index < -0.39 is 22.4 Å². The molecule has 0 aliphatic heterocycles. The molecule has 0 bridgehead atoms. The van der Waals surface area contributed by atoms with Gasteiger partial charge in [-0.2, -0.15) is 0 Å². The third-order valence-electron chi connectivity index (χ3n) is 2.56. The Labute approximate surface area is 126 Å². The fourth-order valence-electron chi connectivity index (χ4n) is 1.60. The minimum absolute atomic E-state index is 0.0459. The van der Waals surface area contributed by atoms with E-state index in [1.54, 1.807) is 0 Å². The number of carbonyl (C=O) groups excluding carboxylic acids is 1. The van der Waals surface area contributed by atoms with E-state index in [0.29, 0.717) is 4.47 Å². The third kappa shape index (κ3) is 3.54. The quantitative estimate of drug-likeness (QED) is 0.501. The molecular weight excluding hydrogens is 347 g/mol. The Bertz CT molecular complexity index is 736. The number of benzene rings is 2. The second kappa shape index (κ2) is 5.88. The summed E-state index contributed by atoms with van der Waals surface area (Å²) in [6.07, 6.45) is 0. The lowest BCUT2D eigenvalue weighted by Crippen LogP contribution is -2.12. The molecule has 2 aromatic rings. The van der Waals surface area contributed by atoms with Crippen molar-refractivity contribution in [3.63, 3.8) is 0 Å². The van der Waals surface area contributed by atoms with Crippen molar-refractivity contribution in [3.8, 4) is 5.75 Å². The van der Waals surface area contributed by atoms with Gasteiger partial charge < -0.3 is 10.4 Å². The second-order valence-corrected chi connectivity index (χ2v) is 4.99. The molecule has 0 saturated carbocycles. The molecule has 0 saturated heterocycles. The summed E-state index contributed by atoms with van der Waals surface area (Å²) in [5.41, 5.74) is -0.0751. The molecule has 0 radical (unpaired) electrons. The first-order valence-corrected chi connectivity index (χ1v) is 6.41. The minimum Gasteiger partial charge on any atom is -0.505 e. The summed E-state index contributed by atoms with van der Waals surface area (Å²) in [4.78, 5) is 22.1. The smallest absolute Gasteiger partial charge is 0.271 e. The van der Waals surface area contributed by atoms with E-state index >= 15 is 0 Å². The molecule has 2 aromatic carbocycles. The topological polar surface area (TPSA) is 92.5 Å². The number of rotatable bonds is 3. The van der Waals surface area contributed by atoms with Crippen LogP contribution in [0.15, 0.2) is 40.9 Å². The summed E-state index contributed by atoms with van der Waals surface area (Å²) in [6, 6.07) is 7.11. The molecule has 2 N–H and O–H groups in total. The van der Waals surface area contributed by atoms with E-state index in [0.717, 1.165) is 18.2 Å². The van der Waals surface area contributed by atoms with Gasteiger partial charge in [0.05, 0.1) is 4.92 Å². The maximum atomic E-state index is 13.2. The van der Waals surface area contributed by atoms with Crippen LogP contribution in [0.2, 0.25) is 0 Å². The standard InChI is InChI=1S/C13H8BrFN2O4/c14-8-3-7(4-10(5-8)17(20)21)13(19)16-9-1-2-12(18)11(15)6-9/h1-6,18H,(H,16,19). The molecule has 6 nitrogen and oxygen atoms in total. The number of carbonyl (C=O) groups is 1. The number of nitro groups is 1. The third-order valence-corrected chi connectivity index (χ3v) is 3.02. The zero-order chi connectivity index (χ0) is 15.6. The summed E-state index contributed by atoms with van der Waals surface area (Å²) in [5.74, 6) is -2.05. The molecule has 0 atom stereocenters. The van der Waals surface area contributed by atoms with Crippen molar-refractivity contribution in [1.29, 1.82) is 0 Å². The van der Waals surface area contributed by atoms with Gasteiger partial charge in [-0.25, -0.2) is 4.39 Å². The minimum atomic E-state index is -0.881. The average Bonchev–Trinajstić information content (AvgIpc) is 2.42. The number of phenolic OH excluding ortho intramolecular Hbond substituents is 1. The lowest BCUT2D eigenvalue weighted by Gasteiger charge is -2.06. The molecule has 108 valence electrons. The molecule has 0 aliphatic rings. The summed E-state index contributed by atoms with van der Waals surface area (Å²) < 4.78 is 13.5. The van der Waals surface area contributed by atoms with Gasteiger partial charge in [0.2, 0.25) is 0 Å². The number of nitrogens with zero attached hydrogens (tertiary/aromatic N) is 1. The van der Waals surface area contributed by atoms with Crippen molar-refractivity contribution >= 4 is 33.2 Å². The van der Waals surface area contributed by atoms with Crippen LogP contribution in [0.3, 0.4) is 0 Å². The Kier molecular flexibility index (Phi) is 4.18. The number of nitrogens with one attached hydrogen (secondary N) is 1. The largest absolute Gasteiger partial charge is 0.505 e. The van der Waals surface area contributed by atoms with Crippen LogP contribution in [-0.2, 0) is 0 Å². The van der Waals surface area contributed by atoms with Crippen LogP contribution in [0, 0.1) is 15.9 Å². The Morgan fingerprint density at radius 2 is 2.00 bits per heavy atom. The fraction of sp³-hybridized carbons (Fsp3) is 0. The molecule has 0 aliphatic carbocycles. The molecule has 0 heterocycles. The van der Waals surface area contributed by atoms with Gasteiger partial charge >= 0.3 is 0 Å². The zero-order valence-electron chi connectivity index (χ0n) is 10.3. The van der Waals surface area contributed by atoms with Crippen molar-refractivity contribution in [2.45, 2.75) is 0 Å². The number of phenols is 1. The van der Waals surface area contributed by atoms with Crippen molar-refractivity contribution in [2.24, 2.45) is 0 Å². The molecular formula is C13H8BrFN2O4. The van der Waals surface area contributed by atoms with Gasteiger partial charge in [0.25, 0.3) is 11.6 Å². The van der Waals surface area contributed by atoms with Crippen LogP contribution >= 0.6 is 15.9 Å². The van der Waals surface area contributed by atoms with E-state index in [1.807, 2.05) is 0 Å². The van der Waals surface area contributed by atoms with Crippen molar-refractivity contribution in [2.75, 3.05) is 5.32 Å². The molecule has 0 aromatic heterocycles. The van der Waals surface area contributed by atoms with Gasteiger partial charge in [-0.15, -0.1) is 0 Å². The number of hydrogen-bond donors (Lipinski definition) is 2. The number of anilines is 1. The summed E-state index contributed by atoms with van der Waals surface area (Å²) >= 11 is 3.08. The van der Waals surface area contributed by atoms with Crippen molar-refractivity contribution in [1.82, 2.24) is 0 Å². The number of amides is 1. The fourth-order valence-corrected chi connectivity index (χ4v) is 2.08. The number of hydrogen-bond acceptors (Lipinski definition) is 4. The van der Waals surface area contributed by atoms with Crippen LogP contribution in [0.25, 0.3) is 0 Å². The number of nitro benzene ring substituents is 1. The van der Waals surface area contributed by atoms with Crippen molar-refractivity contribution in [3.05, 3.63) is 62.4 Å². The van der Waals surface area contributed by atoms with Crippen LogP contribution in [0.5, 0.6) is 5.75 Å². The average molecular weight is 355 g/mol. The van der Waals surface area contributed by atoms with Crippen LogP contribution in [-0.4, -0.2) is 15.9 Å². The lowest BCUT2D eigenvalue weighted by molar-refractivity contribution is -0.384. The number of aromatic hydroxyl groups is 1. The lowest BCUT2D eigenvalue weighted by atomic mass is 10.2. The molecule has 8 heteroatoms. The monoisotopic (exact) mass is 354 g/mol. The summed E-state index contributed by atoms with van der Waals surface area (Å²) in [5, 5.41) is 22.2. The van der Waals surface area contributed by atoms with E-state index in [1.165, 1.54) is 18.2 Å². The first kappa shape index (κ1) is 14.9. The van der Waals surface area contributed by atoms with Gasteiger partial charge in [-0.05, 0) is 18.2 Å². The summed E-state index contributed by atoms with van der Waals surface area (Å²) in [6.45, 7) is 0. The Hall–Kier alpha value is -2.48. The van der Waals surface area contributed by atoms with Crippen LogP contribution < -0.4 is 5.32 Å². The summed E-state index contributed by atoms with van der Waals surface area (Å²) in [7, 11) is 0. The highest BCUT2D eigenvalue weighted by molar-refractivity contribution is 9.10. The molecule has 0 fully saturated rings. The van der Waals surface area contributed by atoms with E-state index in [9.17, 15) is 19.3 Å². The molecule has 2 rings (SSSR count). The van der Waals surface area contributed by atoms with Crippen LogP contribution in [0.1, 0.15) is 10.4 Å². The second-order valence-electron chi connectivity index (χ2n) is 4.08. The number of non-ortho nitro benzene ring substituents is 1. The maximum absolute atomic E-state index is 13.2. The van der Waals surface area contributed by atoms with Gasteiger partial charge in [-0.1, -0.05) is 15.9 Å². The van der Waals surface area contributed by atoms with E-state index in [4.69, 9.17) is 5.11 Å². The first-order chi connectivity index (χ1) is 9.86. The number of halogens is 2. The van der Waals surface area contributed by atoms with Gasteiger partial charge in [0.1, 0.15) is 0 Å². The van der Waals surface area contributed by atoms with E-state index in [-0.39, 0.29) is 16.9 Å². The molecule has 1 amide bonds. The van der Waals surface area contributed by atoms with Gasteiger partial charge in [-0.3, -0.25) is 14.9 Å². The normalized spacial score (nSPS) is 10.2. The van der Waals surface area contributed by atoms with E-state index in [2.05, 4.69) is 21.2 Å². The highest BCUT2D eigenvalue weighted by Gasteiger charge is 2.14. The van der Waals surface area contributed by atoms with Gasteiger partial charge in [0.15, 0.2) is 11.6 Å².